The number of sulfonamides is 2. The van der Waals surface area contributed by atoms with Crippen molar-refractivity contribution in [3.05, 3.63) is 59.7 Å². The van der Waals surface area contributed by atoms with Crippen LogP contribution in [0.15, 0.2) is 48.5 Å². The van der Waals surface area contributed by atoms with E-state index in [1.165, 1.54) is 18.4 Å². The first-order valence-electron chi connectivity index (χ1n) is 22.0. The highest BCUT2D eigenvalue weighted by atomic mass is 32.2. The highest BCUT2D eigenvalue weighted by molar-refractivity contribution is 7.88. The Labute approximate surface area is 380 Å². The summed E-state index contributed by atoms with van der Waals surface area (Å²) in [6.07, 6.45) is 3.93. The molecule has 4 heterocycles. The summed E-state index contributed by atoms with van der Waals surface area (Å²) >= 11 is 0. The summed E-state index contributed by atoms with van der Waals surface area (Å²) in [6.45, 7) is 6.16. The van der Waals surface area contributed by atoms with Gasteiger partial charge in [-0.2, -0.15) is 8.61 Å². The van der Waals surface area contributed by atoms with Crippen LogP contribution in [0.2, 0.25) is 0 Å². The molecule has 4 aliphatic rings. The van der Waals surface area contributed by atoms with E-state index in [2.05, 4.69) is 10.6 Å². The predicted molar refractivity (Wildman–Crippen MR) is 238 cm³/mol. The number of benzene rings is 2. The number of ether oxygens (including phenoxy) is 2. The number of amides is 6. The van der Waals surface area contributed by atoms with E-state index in [1.807, 2.05) is 13.8 Å². The van der Waals surface area contributed by atoms with Gasteiger partial charge in [0.25, 0.3) is 0 Å². The van der Waals surface area contributed by atoms with Crippen LogP contribution >= 0.6 is 0 Å². The zero-order valence-corrected chi connectivity index (χ0v) is 39.0. The van der Waals surface area contributed by atoms with E-state index in [9.17, 15) is 45.6 Å². The minimum Gasteiger partial charge on any atom is -0.410 e. The van der Waals surface area contributed by atoms with Crippen molar-refractivity contribution in [2.24, 2.45) is 0 Å². The molecule has 0 radical (unpaired) electrons. The predicted octanol–water partition coefficient (Wildman–Crippen LogP) is 1.01. The number of nitrogens with one attached hydrogen (secondary N) is 2. The SMILES string of the molecule is CC(Cc1ccc(OC(=O)N2CCN(C(=O)CC(=O)N3CCN(C(=O)Oc4ccc(CC(C)NC(=O)C5CCCN5S(C)(=O)=O)cc4)CC3)CC2)cc1)NC(=O)C1CCCN1S(C)(=O)=O. The molecule has 0 aromatic heterocycles. The van der Waals surface area contributed by atoms with Gasteiger partial charge in [-0.1, -0.05) is 24.3 Å². The Hall–Kier alpha value is -5.32. The zero-order valence-electron chi connectivity index (χ0n) is 37.3. The van der Waals surface area contributed by atoms with Crippen LogP contribution in [0, 0.1) is 0 Å². The molecule has 4 saturated heterocycles. The Morgan fingerprint density at radius 3 is 1.18 bits per heavy atom. The number of hydrogen-bond acceptors (Lipinski definition) is 12. The summed E-state index contributed by atoms with van der Waals surface area (Å²) in [5.74, 6) is -0.689. The fourth-order valence-corrected chi connectivity index (χ4v) is 10.9. The standard InChI is InChI=1S/C43H60N8O12S2/c1-30(44-40(54)36-7-5-17-50(36)64(3,58)59)27-32-9-13-34(14-10-32)62-42(56)48-23-19-46(20-24-48)38(52)29-39(53)47-21-25-49(26-22-47)43(57)63-35-15-11-33(12-16-35)28-31(2)45-41(55)37-8-6-18-51(37)65(4,60)61/h9-16,30-31,36-37H,5-8,17-29H2,1-4H3,(H,44,54)(H,45,55). The molecular weight excluding hydrogens is 885 g/mol. The molecule has 2 aromatic carbocycles. The number of nitrogens with zero attached hydrogens (tertiary/aromatic N) is 6. The highest BCUT2D eigenvalue weighted by Gasteiger charge is 2.38. The molecule has 0 saturated carbocycles. The average molecular weight is 945 g/mol. The molecule has 0 bridgehead atoms. The lowest BCUT2D eigenvalue weighted by Crippen LogP contribution is -2.54. The number of hydrogen-bond donors (Lipinski definition) is 2. The van der Waals surface area contributed by atoms with Crippen molar-refractivity contribution in [2.45, 2.75) is 83.0 Å². The van der Waals surface area contributed by atoms with E-state index in [-0.39, 0.29) is 94.5 Å². The molecule has 65 heavy (non-hydrogen) atoms. The second-order valence-electron chi connectivity index (χ2n) is 17.2. The van der Waals surface area contributed by atoms with Crippen molar-refractivity contribution in [1.29, 1.82) is 0 Å². The molecule has 6 amide bonds. The van der Waals surface area contributed by atoms with Crippen molar-refractivity contribution in [2.75, 3.05) is 78.0 Å². The van der Waals surface area contributed by atoms with Gasteiger partial charge in [-0.3, -0.25) is 19.2 Å². The van der Waals surface area contributed by atoms with Crippen molar-refractivity contribution in [3.63, 3.8) is 0 Å². The van der Waals surface area contributed by atoms with Crippen molar-refractivity contribution in [3.8, 4) is 11.5 Å². The Balaban J connectivity index is 0.852. The van der Waals surface area contributed by atoms with Gasteiger partial charge in [0.1, 0.15) is 30.0 Å². The largest absolute Gasteiger partial charge is 0.415 e. The summed E-state index contributed by atoms with van der Waals surface area (Å²) in [7, 11) is -6.95. The topological polar surface area (TPSA) is 233 Å². The van der Waals surface area contributed by atoms with E-state index in [0.29, 0.717) is 63.1 Å². The molecule has 0 spiro atoms. The van der Waals surface area contributed by atoms with E-state index < -0.39 is 44.3 Å². The third-order valence-electron chi connectivity index (χ3n) is 12.1. The van der Waals surface area contributed by atoms with Crippen LogP contribution in [-0.4, -0.2) is 183 Å². The van der Waals surface area contributed by atoms with Crippen molar-refractivity contribution >= 4 is 55.9 Å². The molecule has 2 N–H and O–H groups in total. The van der Waals surface area contributed by atoms with E-state index in [1.54, 1.807) is 58.3 Å². The van der Waals surface area contributed by atoms with Crippen LogP contribution in [0.4, 0.5) is 9.59 Å². The van der Waals surface area contributed by atoms with Gasteiger partial charge in [0, 0.05) is 77.5 Å². The van der Waals surface area contributed by atoms with Crippen LogP contribution in [0.25, 0.3) is 0 Å². The van der Waals surface area contributed by atoms with Gasteiger partial charge in [0.2, 0.25) is 43.7 Å². The summed E-state index contributed by atoms with van der Waals surface area (Å²) < 4.78 is 61.8. The van der Waals surface area contributed by atoms with E-state index in [0.717, 1.165) is 23.6 Å². The molecule has 4 fully saturated rings. The number of carbonyl (C=O) groups excluding carboxylic acids is 6. The maximum Gasteiger partial charge on any atom is 0.415 e. The molecule has 22 heteroatoms. The van der Waals surface area contributed by atoms with Gasteiger partial charge >= 0.3 is 12.2 Å². The number of carbonyl (C=O) groups is 6. The van der Waals surface area contributed by atoms with Gasteiger partial charge in [0.15, 0.2) is 0 Å². The third kappa shape index (κ3) is 13.4. The fourth-order valence-electron chi connectivity index (χ4n) is 8.63. The molecular formula is C43H60N8O12S2. The summed E-state index contributed by atoms with van der Waals surface area (Å²) in [6, 6.07) is 11.8. The maximum absolute atomic E-state index is 13.1. The highest BCUT2D eigenvalue weighted by Crippen LogP contribution is 2.23. The molecule has 4 atom stereocenters. The lowest BCUT2D eigenvalue weighted by atomic mass is 10.1. The van der Waals surface area contributed by atoms with Crippen LogP contribution < -0.4 is 20.1 Å². The minimum absolute atomic E-state index is 0.223. The van der Waals surface area contributed by atoms with Crippen LogP contribution in [-0.2, 0) is 52.1 Å². The van der Waals surface area contributed by atoms with Gasteiger partial charge in [-0.15, -0.1) is 0 Å². The van der Waals surface area contributed by atoms with Crippen molar-refractivity contribution in [1.82, 2.24) is 38.8 Å². The lowest BCUT2D eigenvalue weighted by molar-refractivity contribution is -0.142. The first-order chi connectivity index (χ1) is 30.7. The zero-order chi connectivity index (χ0) is 47.1. The number of piperazine rings is 2. The van der Waals surface area contributed by atoms with Gasteiger partial charge in [-0.05, 0) is 87.8 Å². The van der Waals surface area contributed by atoms with E-state index in [4.69, 9.17) is 9.47 Å². The first-order valence-corrected chi connectivity index (χ1v) is 25.7. The van der Waals surface area contributed by atoms with Crippen molar-refractivity contribution < 1.29 is 55.1 Å². The Morgan fingerprint density at radius 1 is 0.538 bits per heavy atom. The summed E-state index contributed by atoms with van der Waals surface area (Å²) in [4.78, 5) is 83.7. The number of rotatable bonds is 14. The molecule has 356 valence electrons. The quantitative estimate of drug-likeness (QED) is 0.253. The Bertz CT molecular complexity index is 2120. The minimum atomic E-state index is -3.48. The average Bonchev–Trinajstić information content (AvgIpc) is 3.98. The van der Waals surface area contributed by atoms with Gasteiger partial charge in [-0.25, -0.2) is 26.4 Å². The third-order valence-corrected chi connectivity index (χ3v) is 14.6. The van der Waals surface area contributed by atoms with Crippen LogP contribution in [0.3, 0.4) is 0 Å². The molecule has 6 rings (SSSR count). The van der Waals surface area contributed by atoms with E-state index >= 15 is 0 Å². The summed E-state index contributed by atoms with van der Waals surface area (Å²) in [5, 5.41) is 5.82. The fraction of sp³-hybridized carbons (Fsp3) is 0.581. The van der Waals surface area contributed by atoms with Gasteiger partial charge < -0.3 is 39.7 Å². The second kappa shape index (κ2) is 21.3. The first kappa shape index (κ1) is 49.1. The molecule has 0 aliphatic carbocycles. The Morgan fingerprint density at radius 2 is 0.862 bits per heavy atom. The second-order valence-corrected chi connectivity index (χ2v) is 21.1. The monoisotopic (exact) mass is 944 g/mol. The van der Waals surface area contributed by atoms with Gasteiger partial charge in [0.05, 0.1) is 12.5 Å². The molecule has 2 aromatic rings. The summed E-state index contributed by atoms with van der Waals surface area (Å²) in [5.41, 5.74) is 1.77. The molecule has 20 nitrogen and oxygen atoms in total. The molecule has 4 aliphatic heterocycles. The Kier molecular flexibility index (Phi) is 16.1. The van der Waals surface area contributed by atoms with Crippen LogP contribution in [0.1, 0.15) is 57.1 Å². The normalized spacial score (nSPS) is 20.8. The van der Waals surface area contributed by atoms with Crippen LogP contribution in [0.5, 0.6) is 11.5 Å². The lowest BCUT2D eigenvalue weighted by Gasteiger charge is -2.36. The smallest absolute Gasteiger partial charge is 0.410 e. The maximum atomic E-state index is 13.1. The molecule has 4 unspecified atom stereocenters.